The van der Waals surface area contributed by atoms with Gasteiger partial charge in [0.15, 0.2) is 5.82 Å². The number of anilines is 3. The molecule has 3 aromatic heterocycles. The molecule has 3 N–H and O–H groups in total. The lowest BCUT2D eigenvalue weighted by Crippen LogP contribution is -2.28. The number of halogens is 2. The van der Waals surface area contributed by atoms with Gasteiger partial charge in [-0.3, -0.25) is 4.79 Å². The number of ketones is 1. The van der Waals surface area contributed by atoms with Gasteiger partial charge in [0, 0.05) is 31.1 Å². The summed E-state index contributed by atoms with van der Waals surface area (Å²) in [4.78, 5) is 24.9. The smallest absolute Gasteiger partial charge is 0.300 e. The molecule has 0 spiro atoms. The van der Waals surface area contributed by atoms with Crippen LogP contribution in [-0.2, 0) is 10.0 Å². The zero-order valence-electron chi connectivity index (χ0n) is 20.3. The number of Topliss-reactive ketones (excluding diaryl/α,β-unsaturated/α-hetero) is 1. The first-order valence-corrected chi connectivity index (χ1v) is 13.8. The van der Waals surface area contributed by atoms with Gasteiger partial charge in [-0.25, -0.2) is 32.2 Å². The largest absolute Gasteiger partial charge is 0.396 e. The lowest BCUT2D eigenvalue weighted by Gasteiger charge is -2.29. The highest BCUT2D eigenvalue weighted by Crippen LogP contribution is 2.31. The normalized spacial score (nSPS) is 19.9. The lowest BCUT2D eigenvalue weighted by atomic mass is 9.86. The summed E-state index contributed by atoms with van der Waals surface area (Å²) in [6.07, 6.45) is 6.43. The number of carbonyl (C=O) groups excluding carboxylic acids is 1. The first-order valence-electron chi connectivity index (χ1n) is 12.3. The van der Waals surface area contributed by atoms with Gasteiger partial charge in [0.05, 0.1) is 34.5 Å². The first-order chi connectivity index (χ1) is 18.2. The van der Waals surface area contributed by atoms with Crippen LogP contribution < -0.4 is 10.6 Å². The predicted molar refractivity (Wildman–Crippen MR) is 135 cm³/mol. The Morgan fingerprint density at radius 3 is 2.55 bits per heavy atom. The van der Waals surface area contributed by atoms with Crippen molar-refractivity contribution in [2.24, 2.45) is 5.92 Å². The summed E-state index contributed by atoms with van der Waals surface area (Å²) in [5.41, 5.74) is 0.438. The highest BCUT2D eigenvalue weighted by Gasteiger charge is 2.37. The van der Waals surface area contributed by atoms with Crippen LogP contribution in [0.2, 0.25) is 0 Å². The summed E-state index contributed by atoms with van der Waals surface area (Å²) >= 11 is 0. The van der Waals surface area contributed by atoms with Crippen LogP contribution in [0.15, 0.2) is 36.9 Å². The standard InChI is InChI=1S/C24H27F2N7O4S/c25-23(26)22(35)18-11-28-21(9-19(18)30-16-3-1-14(13-34)2-4-16)31-20-7-8-27-24(32-20)15-10-29-33(12-15)38(36,37)17-5-6-17/h7-12,14,16-17,23,34H,1-6,13H2,(H2,27,28,30,31,32). The molecule has 38 heavy (non-hydrogen) atoms. The summed E-state index contributed by atoms with van der Waals surface area (Å²) < 4.78 is 52.3. The van der Waals surface area contributed by atoms with E-state index in [1.54, 1.807) is 6.07 Å². The first kappa shape index (κ1) is 26.1. The van der Waals surface area contributed by atoms with Crippen molar-refractivity contribution in [3.05, 3.63) is 42.5 Å². The van der Waals surface area contributed by atoms with Crippen molar-refractivity contribution in [2.75, 3.05) is 17.2 Å². The van der Waals surface area contributed by atoms with E-state index in [1.165, 1.54) is 24.7 Å². The fourth-order valence-electron chi connectivity index (χ4n) is 4.44. The third-order valence-corrected chi connectivity index (χ3v) is 8.80. The average Bonchev–Trinajstić information content (AvgIpc) is 3.66. The van der Waals surface area contributed by atoms with E-state index in [0.29, 0.717) is 24.2 Å². The molecule has 3 heterocycles. The zero-order valence-corrected chi connectivity index (χ0v) is 21.1. The number of nitrogens with one attached hydrogen (secondary N) is 2. The Bertz CT molecular complexity index is 1420. The molecule has 202 valence electrons. The van der Waals surface area contributed by atoms with Crippen molar-refractivity contribution in [3.8, 4) is 11.4 Å². The Hall–Kier alpha value is -3.52. The Kier molecular flexibility index (Phi) is 7.34. The molecule has 2 fully saturated rings. The number of nitrogens with zero attached hydrogens (tertiary/aromatic N) is 5. The van der Waals surface area contributed by atoms with Crippen molar-refractivity contribution >= 4 is 33.1 Å². The maximum absolute atomic E-state index is 13.2. The van der Waals surface area contributed by atoms with Crippen LogP contribution in [0.3, 0.4) is 0 Å². The Labute approximate surface area is 217 Å². The van der Waals surface area contributed by atoms with Crippen molar-refractivity contribution in [3.63, 3.8) is 0 Å². The number of aliphatic hydroxyl groups excluding tert-OH is 1. The maximum Gasteiger partial charge on any atom is 0.300 e. The van der Waals surface area contributed by atoms with Crippen LogP contribution in [0.4, 0.5) is 26.1 Å². The van der Waals surface area contributed by atoms with E-state index < -0.39 is 27.5 Å². The highest BCUT2D eigenvalue weighted by molar-refractivity contribution is 7.90. The molecule has 2 aliphatic rings. The van der Waals surface area contributed by atoms with E-state index in [1.807, 2.05) is 0 Å². The maximum atomic E-state index is 13.2. The summed E-state index contributed by atoms with van der Waals surface area (Å²) in [6.45, 7) is 0.114. The van der Waals surface area contributed by atoms with E-state index in [0.717, 1.165) is 36.0 Å². The molecule has 0 atom stereocenters. The number of rotatable bonds is 10. The Balaban J connectivity index is 1.36. The molecule has 2 saturated carbocycles. The predicted octanol–water partition coefficient (Wildman–Crippen LogP) is 3.23. The summed E-state index contributed by atoms with van der Waals surface area (Å²) in [5, 5.41) is 19.1. The molecule has 0 unspecified atom stereocenters. The number of hydrogen-bond acceptors (Lipinski definition) is 10. The number of carbonyl (C=O) groups is 1. The van der Waals surface area contributed by atoms with E-state index >= 15 is 0 Å². The van der Waals surface area contributed by atoms with Gasteiger partial charge in [-0.05, 0) is 50.5 Å². The molecular formula is C24H27F2N7O4S. The van der Waals surface area contributed by atoms with Crippen molar-refractivity contribution in [1.29, 1.82) is 0 Å². The minimum absolute atomic E-state index is 0.0358. The van der Waals surface area contributed by atoms with Gasteiger partial charge in [-0.2, -0.15) is 9.19 Å². The monoisotopic (exact) mass is 547 g/mol. The molecule has 0 saturated heterocycles. The van der Waals surface area contributed by atoms with Gasteiger partial charge in [0.1, 0.15) is 11.6 Å². The Morgan fingerprint density at radius 2 is 1.87 bits per heavy atom. The molecule has 0 bridgehead atoms. The van der Waals surface area contributed by atoms with Gasteiger partial charge in [-0.15, -0.1) is 0 Å². The lowest BCUT2D eigenvalue weighted by molar-refractivity contribution is 0.0679. The van der Waals surface area contributed by atoms with Crippen molar-refractivity contribution in [1.82, 2.24) is 24.1 Å². The SMILES string of the molecule is O=C(c1cnc(Nc2ccnc(-c3cnn(S(=O)(=O)C4CC4)c3)n2)cc1NC1CCC(CO)CC1)C(F)F. The van der Waals surface area contributed by atoms with Gasteiger partial charge in [-0.1, -0.05) is 0 Å². The fraction of sp³-hybridized carbons (Fsp3) is 0.458. The number of hydrogen-bond donors (Lipinski definition) is 3. The molecule has 2 aliphatic carbocycles. The second kappa shape index (κ2) is 10.7. The number of aliphatic hydroxyl groups is 1. The van der Waals surface area contributed by atoms with Gasteiger partial charge < -0.3 is 15.7 Å². The third kappa shape index (κ3) is 5.65. The average molecular weight is 548 g/mol. The van der Waals surface area contributed by atoms with E-state index in [2.05, 4.69) is 30.7 Å². The quantitative estimate of drug-likeness (QED) is 0.323. The van der Waals surface area contributed by atoms with E-state index in [4.69, 9.17) is 0 Å². The molecule has 5 rings (SSSR count). The molecule has 11 nitrogen and oxygen atoms in total. The molecule has 0 radical (unpaired) electrons. The highest BCUT2D eigenvalue weighted by atomic mass is 32.2. The minimum Gasteiger partial charge on any atom is -0.396 e. The third-order valence-electron chi connectivity index (χ3n) is 6.77. The van der Waals surface area contributed by atoms with Crippen LogP contribution in [-0.4, -0.2) is 67.8 Å². The topological polar surface area (TPSA) is 152 Å². The molecular weight excluding hydrogens is 520 g/mol. The van der Waals surface area contributed by atoms with Gasteiger partial charge in [0.2, 0.25) is 5.78 Å². The van der Waals surface area contributed by atoms with Gasteiger partial charge in [0.25, 0.3) is 10.0 Å². The second-order valence-corrected chi connectivity index (χ2v) is 11.6. The molecule has 3 aromatic rings. The van der Waals surface area contributed by atoms with E-state index in [-0.39, 0.29) is 41.5 Å². The number of pyridine rings is 1. The van der Waals surface area contributed by atoms with Crippen molar-refractivity contribution < 1.29 is 27.1 Å². The van der Waals surface area contributed by atoms with Crippen molar-refractivity contribution in [2.45, 2.75) is 56.2 Å². The number of aromatic nitrogens is 5. The van der Waals surface area contributed by atoms with Crippen LogP contribution in [0.25, 0.3) is 11.4 Å². The minimum atomic E-state index is -3.53. The Morgan fingerprint density at radius 1 is 1.11 bits per heavy atom. The summed E-state index contributed by atoms with van der Waals surface area (Å²) in [6, 6.07) is 3.01. The van der Waals surface area contributed by atoms with Crippen LogP contribution in [0.5, 0.6) is 0 Å². The zero-order chi connectivity index (χ0) is 26.9. The van der Waals surface area contributed by atoms with E-state index in [9.17, 15) is 27.1 Å². The molecule has 0 amide bonds. The van der Waals surface area contributed by atoms with Crippen LogP contribution in [0, 0.1) is 5.92 Å². The number of alkyl halides is 2. The summed E-state index contributed by atoms with van der Waals surface area (Å²) in [5.74, 6) is -0.284. The molecule has 0 aromatic carbocycles. The van der Waals surface area contributed by atoms with Crippen LogP contribution >= 0.6 is 0 Å². The summed E-state index contributed by atoms with van der Waals surface area (Å²) in [7, 11) is -3.53. The molecule has 0 aliphatic heterocycles. The fourth-order valence-corrected chi connectivity index (χ4v) is 5.92. The van der Waals surface area contributed by atoms with Crippen LogP contribution in [0.1, 0.15) is 48.9 Å². The second-order valence-electron chi connectivity index (χ2n) is 9.56. The molecule has 14 heteroatoms. The van der Waals surface area contributed by atoms with Gasteiger partial charge >= 0.3 is 6.43 Å².